The molecule has 0 spiro atoms. The van der Waals surface area contributed by atoms with Crippen LogP contribution in [0.4, 0.5) is 4.39 Å². The molecule has 3 rings (SSSR count). The molecule has 2 aromatic rings. The highest BCUT2D eigenvalue weighted by Gasteiger charge is 2.19. The Morgan fingerprint density at radius 3 is 2.64 bits per heavy atom. The van der Waals surface area contributed by atoms with Crippen molar-refractivity contribution in [3.63, 3.8) is 0 Å². The van der Waals surface area contributed by atoms with Gasteiger partial charge in [-0.05, 0) is 53.4 Å². The molecule has 22 heavy (non-hydrogen) atoms. The number of halogens is 1. The molecule has 2 nitrogen and oxygen atoms in total. The Bertz CT molecular complexity index is 758. The van der Waals surface area contributed by atoms with Crippen LogP contribution < -0.4 is 11.1 Å². The van der Waals surface area contributed by atoms with Crippen molar-refractivity contribution in [2.45, 2.75) is 13.0 Å². The third kappa shape index (κ3) is 2.68. The second-order valence-electron chi connectivity index (χ2n) is 5.62. The van der Waals surface area contributed by atoms with Crippen molar-refractivity contribution in [1.82, 2.24) is 5.32 Å². The van der Waals surface area contributed by atoms with E-state index in [4.69, 9.17) is 5.73 Å². The number of hydrogen-bond donors (Lipinski definition) is 2. The fourth-order valence-electron chi connectivity index (χ4n) is 2.93. The van der Waals surface area contributed by atoms with Crippen molar-refractivity contribution in [1.29, 1.82) is 0 Å². The molecule has 3 heteroatoms. The van der Waals surface area contributed by atoms with Crippen LogP contribution in [-0.2, 0) is 13.0 Å². The number of allylic oxidation sites excluding steroid dienone is 1. The Labute approximate surface area is 130 Å². The highest BCUT2D eigenvalue weighted by Crippen LogP contribution is 2.35. The maximum Gasteiger partial charge on any atom is 0.124 e. The molecule has 0 aromatic heterocycles. The molecule has 0 heterocycles. The van der Waals surface area contributed by atoms with Crippen LogP contribution in [0.1, 0.15) is 27.8 Å². The fraction of sp³-hybridized carbons (Fsp3) is 0.158. The minimum atomic E-state index is -0.276. The minimum Gasteiger partial charge on any atom is -0.399 e. The smallest absolute Gasteiger partial charge is 0.124 e. The summed E-state index contributed by atoms with van der Waals surface area (Å²) in [6.07, 6.45) is 2.80. The third-order valence-corrected chi connectivity index (χ3v) is 4.00. The lowest BCUT2D eigenvalue weighted by atomic mass is 9.98. The van der Waals surface area contributed by atoms with Gasteiger partial charge in [0.2, 0.25) is 0 Å². The van der Waals surface area contributed by atoms with E-state index in [-0.39, 0.29) is 5.82 Å². The number of fused-ring (bicyclic) bond motifs is 1. The van der Waals surface area contributed by atoms with E-state index >= 15 is 0 Å². The van der Waals surface area contributed by atoms with E-state index < -0.39 is 0 Å². The van der Waals surface area contributed by atoms with Gasteiger partial charge in [0, 0.05) is 17.8 Å². The molecule has 0 saturated heterocycles. The fourth-order valence-corrected chi connectivity index (χ4v) is 2.93. The van der Waals surface area contributed by atoms with Crippen LogP contribution in [0.2, 0.25) is 0 Å². The van der Waals surface area contributed by atoms with Gasteiger partial charge in [0.05, 0.1) is 0 Å². The molecule has 0 aliphatic heterocycles. The predicted molar refractivity (Wildman–Crippen MR) is 90.4 cm³/mol. The molecular formula is C19H19FN2. The molecule has 1 aliphatic carbocycles. The Kier molecular flexibility index (Phi) is 3.82. The quantitative estimate of drug-likeness (QED) is 0.904. The van der Waals surface area contributed by atoms with E-state index in [0.717, 1.165) is 29.7 Å². The Morgan fingerprint density at radius 1 is 1.27 bits per heavy atom. The number of nitrogens with two attached hydrogens (primary N) is 1. The van der Waals surface area contributed by atoms with Crippen molar-refractivity contribution in [3.8, 4) is 0 Å². The van der Waals surface area contributed by atoms with Gasteiger partial charge in [0.1, 0.15) is 5.82 Å². The van der Waals surface area contributed by atoms with Crippen LogP contribution in [-0.4, -0.2) is 7.05 Å². The van der Waals surface area contributed by atoms with E-state index in [0.29, 0.717) is 11.3 Å². The molecule has 0 radical (unpaired) electrons. The highest BCUT2D eigenvalue weighted by molar-refractivity contribution is 5.90. The van der Waals surface area contributed by atoms with Crippen LogP contribution in [0, 0.1) is 5.82 Å². The molecular weight excluding hydrogens is 275 g/mol. The minimum absolute atomic E-state index is 0.276. The summed E-state index contributed by atoms with van der Waals surface area (Å²) in [6.45, 7) is 4.60. The van der Waals surface area contributed by atoms with Gasteiger partial charge in [-0.25, -0.2) is 4.39 Å². The van der Waals surface area contributed by atoms with Crippen molar-refractivity contribution < 1.29 is 4.39 Å². The summed E-state index contributed by atoms with van der Waals surface area (Å²) in [5, 5.41) is 3.13. The Hall–Kier alpha value is -2.39. The molecule has 0 saturated carbocycles. The first-order chi connectivity index (χ1) is 10.6. The molecule has 112 valence electrons. The summed E-state index contributed by atoms with van der Waals surface area (Å²) in [6, 6.07) is 11.5. The normalized spacial score (nSPS) is 12.9. The number of hydrogen-bond acceptors (Lipinski definition) is 2. The van der Waals surface area contributed by atoms with Gasteiger partial charge in [-0.3, -0.25) is 0 Å². The number of rotatable bonds is 4. The van der Waals surface area contributed by atoms with Gasteiger partial charge in [-0.2, -0.15) is 0 Å². The van der Waals surface area contributed by atoms with Crippen molar-refractivity contribution >= 4 is 17.3 Å². The predicted octanol–water partition coefficient (Wildman–Crippen LogP) is 3.57. The third-order valence-electron chi connectivity index (χ3n) is 4.00. The molecule has 0 atom stereocenters. The monoisotopic (exact) mass is 294 g/mol. The average molecular weight is 294 g/mol. The largest absolute Gasteiger partial charge is 0.399 e. The number of nitrogens with one attached hydrogen (secondary N) is 1. The Morgan fingerprint density at radius 2 is 2.00 bits per heavy atom. The van der Waals surface area contributed by atoms with Crippen LogP contribution in [0.5, 0.6) is 0 Å². The van der Waals surface area contributed by atoms with Gasteiger partial charge in [0.15, 0.2) is 0 Å². The van der Waals surface area contributed by atoms with Gasteiger partial charge in [0.25, 0.3) is 0 Å². The maximum absolute atomic E-state index is 13.7. The molecule has 0 fully saturated rings. The summed E-state index contributed by atoms with van der Waals surface area (Å²) < 4.78 is 13.7. The first-order valence-corrected chi connectivity index (χ1v) is 7.30. The summed E-state index contributed by atoms with van der Waals surface area (Å²) >= 11 is 0. The van der Waals surface area contributed by atoms with E-state index in [1.807, 2.05) is 13.1 Å². The second-order valence-corrected chi connectivity index (χ2v) is 5.62. The van der Waals surface area contributed by atoms with E-state index in [1.165, 1.54) is 17.2 Å². The average Bonchev–Trinajstić information content (AvgIpc) is 2.91. The van der Waals surface area contributed by atoms with Crippen LogP contribution in [0.3, 0.4) is 0 Å². The van der Waals surface area contributed by atoms with Crippen LogP contribution >= 0.6 is 0 Å². The van der Waals surface area contributed by atoms with E-state index in [9.17, 15) is 4.39 Å². The topological polar surface area (TPSA) is 38.0 Å². The van der Waals surface area contributed by atoms with Crippen LogP contribution in [0.15, 0.2) is 43.0 Å². The first-order valence-electron chi connectivity index (χ1n) is 7.30. The molecule has 3 N–H and O–H groups in total. The van der Waals surface area contributed by atoms with Crippen molar-refractivity contribution in [2.24, 2.45) is 5.73 Å². The summed E-state index contributed by atoms with van der Waals surface area (Å²) in [5.41, 5.74) is 12.5. The lowest BCUT2D eigenvalue weighted by Gasteiger charge is -2.09. The standard InChI is InChI=1S/C19H19FN2/c1-12(21)18-10-17(20)8-16-7-15(9-19(16)18)14-5-3-13(4-6-14)11-22-2/h3-8,10,22H,1,9,11,21H2,2H3. The van der Waals surface area contributed by atoms with Crippen molar-refractivity contribution in [2.75, 3.05) is 7.05 Å². The maximum atomic E-state index is 13.7. The molecule has 0 unspecified atom stereocenters. The zero-order chi connectivity index (χ0) is 15.7. The molecule has 0 bridgehead atoms. The highest BCUT2D eigenvalue weighted by atomic mass is 19.1. The summed E-state index contributed by atoms with van der Waals surface area (Å²) in [4.78, 5) is 0. The zero-order valence-electron chi connectivity index (χ0n) is 12.6. The summed E-state index contributed by atoms with van der Waals surface area (Å²) in [7, 11) is 1.93. The molecule has 0 amide bonds. The number of benzene rings is 2. The van der Waals surface area contributed by atoms with E-state index in [1.54, 1.807) is 6.07 Å². The van der Waals surface area contributed by atoms with Gasteiger partial charge >= 0.3 is 0 Å². The van der Waals surface area contributed by atoms with Gasteiger partial charge in [-0.1, -0.05) is 36.9 Å². The van der Waals surface area contributed by atoms with Crippen molar-refractivity contribution in [3.05, 3.63) is 76.6 Å². The lowest BCUT2D eigenvalue weighted by Crippen LogP contribution is -2.04. The SMILES string of the molecule is C=C(N)c1cc(F)cc2c1CC(c1ccc(CNC)cc1)=C2. The summed E-state index contributed by atoms with van der Waals surface area (Å²) in [5.74, 6) is -0.276. The van der Waals surface area contributed by atoms with E-state index in [2.05, 4.69) is 36.2 Å². The zero-order valence-corrected chi connectivity index (χ0v) is 12.6. The van der Waals surface area contributed by atoms with Crippen LogP contribution in [0.25, 0.3) is 17.3 Å². The molecule has 1 aliphatic rings. The molecule has 2 aromatic carbocycles. The second kappa shape index (κ2) is 5.78. The Balaban J connectivity index is 1.94. The van der Waals surface area contributed by atoms with Gasteiger partial charge in [-0.15, -0.1) is 0 Å². The lowest BCUT2D eigenvalue weighted by molar-refractivity contribution is 0.626. The van der Waals surface area contributed by atoms with Gasteiger partial charge < -0.3 is 11.1 Å². The first kappa shape index (κ1) is 14.5.